The third-order valence-electron chi connectivity index (χ3n) is 3.42. The molecule has 1 amide bonds. The van der Waals surface area contributed by atoms with Gasteiger partial charge in [0.1, 0.15) is 12.4 Å². The summed E-state index contributed by atoms with van der Waals surface area (Å²) in [7, 11) is 1.91. The third-order valence-corrected chi connectivity index (χ3v) is 3.42. The van der Waals surface area contributed by atoms with Crippen molar-refractivity contribution in [2.45, 2.75) is 32.7 Å². The summed E-state index contributed by atoms with van der Waals surface area (Å²) in [5.74, 6) is -0.0557. The lowest BCUT2D eigenvalue weighted by Crippen LogP contribution is -3.08. The number of carbonyl (C=O) groups excluding carboxylic acids is 1. The molecule has 0 aliphatic rings. The molecule has 0 saturated heterocycles. The second kappa shape index (κ2) is 6.91. The number of hydrogen-bond donors (Lipinski definition) is 2. The van der Waals surface area contributed by atoms with Gasteiger partial charge in [-0.1, -0.05) is 38.1 Å². The number of anilines is 1. The molecule has 5 nitrogen and oxygen atoms in total. The molecule has 23 heavy (non-hydrogen) atoms. The zero-order valence-electron chi connectivity index (χ0n) is 13.9. The van der Waals surface area contributed by atoms with E-state index in [2.05, 4.69) is 10.5 Å². The van der Waals surface area contributed by atoms with Gasteiger partial charge in [-0.15, -0.1) is 0 Å². The number of carbonyl (C=O) groups is 1. The van der Waals surface area contributed by atoms with Crippen LogP contribution in [0.1, 0.15) is 32.0 Å². The first kappa shape index (κ1) is 17.1. The predicted octanol–water partition coefficient (Wildman–Crippen LogP) is 1.76. The molecule has 0 radical (unpaired) electrons. The lowest BCUT2D eigenvalue weighted by atomic mass is 9.92. The van der Waals surface area contributed by atoms with Gasteiger partial charge in [-0.3, -0.25) is 10.1 Å². The Bertz CT molecular complexity index is 659. The Morgan fingerprint density at radius 1 is 1.30 bits per heavy atom. The highest BCUT2D eigenvalue weighted by Gasteiger charge is 2.20. The number of likely N-dealkylation sites (N-methyl/N-ethyl adjacent to an activating group) is 1. The zero-order chi connectivity index (χ0) is 17.0. The van der Waals surface area contributed by atoms with E-state index in [0.717, 1.165) is 16.2 Å². The monoisotopic (exact) mass is 320 g/mol. The minimum absolute atomic E-state index is 0.128. The van der Waals surface area contributed by atoms with Crippen LogP contribution in [0.4, 0.5) is 10.3 Å². The number of benzene rings is 1. The molecule has 0 aliphatic carbocycles. The fourth-order valence-electron chi connectivity index (χ4n) is 2.16. The van der Waals surface area contributed by atoms with Gasteiger partial charge in [-0.05, 0) is 12.1 Å². The minimum Gasteiger partial charge on any atom is -0.338 e. The van der Waals surface area contributed by atoms with E-state index in [9.17, 15) is 9.18 Å². The Morgan fingerprint density at radius 2 is 1.96 bits per heavy atom. The van der Waals surface area contributed by atoms with E-state index in [1.54, 1.807) is 18.2 Å². The van der Waals surface area contributed by atoms with Crippen molar-refractivity contribution < 1.29 is 18.6 Å². The predicted molar refractivity (Wildman–Crippen MR) is 85.7 cm³/mol. The molecule has 0 aliphatic heterocycles. The van der Waals surface area contributed by atoms with Crippen molar-refractivity contribution in [1.82, 2.24) is 5.16 Å². The molecule has 1 atom stereocenters. The molecule has 2 rings (SSSR count). The van der Waals surface area contributed by atoms with Crippen LogP contribution < -0.4 is 10.2 Å². The fourth-order valence-corrected chi connectivity index (χ4v) is 2.16. The van der Waals surface area contributed by atoms with Crippen molar-refractivity contribution in [1.29, 1.82) is 0 Å². The van der Waals surface area contributed by atoms with Crippen molar-refractivity contribution in [2.24, 2.45) is 0 Å². The van der Waals surface area contributed by atoms with Crippen molar-refractivity contribution in [3.8, 4) is 0 Å². The lowest BCUT2D eigenvalue weighted by molar-refractivity contribution is -0.885. The summed E-state index contributed by atoms with van der Waals surface area (Å²) in [4.78, 5) is 13.0. The van der Waals surface area contributed by atoms with E-state index in [0.29, 0.717) is 12.4 Å². The molecular weight excluding hydrogens is 297 g/mol. The molecule has 124 valence electrons. The number of rotatable bonds is 5. The molecule has 1 heterocycles. The Balaban J connectivity index is 1.86. The van der Waals surface area contributed by atoms with E-state index in [1.165, 1.54) is 12.1 Å². The normalized spacial score (nSPS) is 12.9. The van der Waals surface area contributed by atoms with Gasteiger partial charge in [0.05, 0.1) is 12.7 Å². The lowest BCUT2D eigenvalue weighted by Gasteiger charge is -2.13. The number of halogens is 1. The summed E-state index contributed by atoms with van der Waals surface area (Å²) in [5.41, 5.74) is 1.64. The van der Waals surface area contributed by atoms with Gasteiger partial charge in [0.15, 0.2) is 6.54 Å². The molecule has 0 bridgehead atoms. The van der Waals surface area contributed by atoms with Gasteiger partial charge >= 0.3 is 0 Å². The maximum absolute atomic E-state index is 12.9. The first-order valence-corrected chi connectivity index (χ1v) is 7.57. The van der Waals surface area contributed by atoms with Gasteiger partial charge in [-0.25, -0.2) is 4.39 Å². The van der Waals surface area contributed by atoms with Gasteiger partial charge < -0.3 is 9.42 Å². The highest BCUT2D eigenvalue weighted by atomic mass is 19.1. The summed E-state index contributed by atoms with van der Waals surface area (Å²) in [6, 6.07) is 8.04. The van der Waals surface area contributed by atoms with Crippen LogP contribution in [-0.4, -0.2) is 24.7 Å². The van der Waals surface area contributed by atoms with Gasteiger partial charge in [0.2, 0.25) is 5.88 Å². The average Bonchev–Trinajstić information content (AvgIpc) is 2.89. The fraction of sp³-hybridized carbons (Fsp3) is 0.412. The van der Waals surface area contributed by atoms with E-state index < -0.39 is 0 Å². The van der Waals surface area contributed by atoms with Crippen LogP contribution >= 0.6 is 0 Å². The molecule has 2 aromatic rings. The Hall–Kier alpha value is -2.21. The molecule has 1 aromatic heterocycles. The molecular formula is C17H23FN3O2+. The van der Waals surface area contributed by atoms with Crippen LogP contribution in [0.15, 0.2) is 34.9 Å². The smallest absolute Gasteiger partial charge is 0.281 e. The van der Waals surface area contributed by atoms with Crippen LogP contribution in [0.2, 0.25) is 0 Å². The van der Waals surface area contributed by atoms with Gasteiger partial charge in [0, 0.05) is 17.0 Å². The highest BCUT2D eigenvalue weighted by molar-refractivity contribution is 5.90. The standard InChI is InChI=1S/C17H22FN3O2/c1-17(2,3)14-9-16(23-20-14)19-15(22)11-21(4)10-12-5-7-13(18)8-6-12/h5-9H,10-11H2,1-4H3,(H,19,22)/p+1. The second-order valence-corrected chi connectivity index (χ2v) is 6.81. The molecule has 0 saturated carbocycles. The van der Waals surface area contributed by atoms with E-state index in [4.69, 9.17) is 4.52 Å². The summed E-state index contributed by atoms with van der Waals surface area (Å²) < 4.78 is 18.0. The van der Waals surface area contributed by atoms with Crippen molar-refractivity contribution >= 4 is 11.8 Å². The van der Waals surface area contributed by atoms with Crippen LogP contribution in [-0.2, 0) is 16.8 Å². The quantitative estimate of drug-likeness (QED) is 0.883. The number of quaternary nitrogens is 1. The summed E-state index contributed by atoms with van der Waals surface area (Å²) in [6.45, 7) is 6.99. The number of hydrogen-bond acceptors (Lipinski definition) is 3. The van der Waals surface area contributed by atoms with Crippen LogP contribution in [0.25, 0.3) is 0 Å². The van der Waals surface area contributed by atoms with Crippen molar-refractivity contribution in [3.63, 3.8) is 0 Å². The summed E-state index contributed by atoms with van der Waals surface area (Å²) >= 11 is 0. The minimum atomic E-state index is -0.260. The van der Waals surface area contributed by atoms with E-state index >= 15 is 0 Å². The van der Waals surface area contributed by atoms with Crippen LogP contribution in [0.5, 0.6) is 0 Å². The number of nitrogens with one attached hydrogen (secondary N) is 2. The molecule has 0 fully saturated rings. The third kappa shape index (κ3) is 5.17. The van der Waals surface area contributed by atoms with Crippen LogP contribution in [0, 0.1) is 5.82 Å². The molecule has 6 heteroatoms. The van der Waals surface area contributed by atoms with Crippen LogP contribution in [0.3, 0.4) is 0 Å². The summed E-state index contributed by atoms with van der Waals surface area (Å²) in [5, 5.41) is 6.67. The first-order valence-electron chi connectivity index (χ1n) is 7.57. The Labute approximate surface area is 135 Å². The zero-order valence-corrected chi connectivity index (χ0v) is 13.9. The largest absolute Gasteiger partial charge is 0.338 e. The molecule has 1 aromatic carbocycles. The SMILES string of the molecule is C[NH+](CC(=O)Nc1cc(C(C)(C)C)no1)Cc1ccc(F)cc1. The molecule has 1 unspecified atom stereocenters. The first-order chi connectivity index (χ1) is 10.7. The maximum Gasteiger partial charge on any atom is 0.281 e. The van der Waals surface area contributed by atoms with Crippen molar-refractivity contribution in [2.75, 3.05) is 18.9 Å². The number of amides is 1. The number of nitrogens with zero attached hydrogens (tertiary/aromatic N) is 1. The molecule has 0 spiro atoms. The number of aromatic nitrogens is 1. The second-order valence-electron chi connectivity index (χ2n) is 6.81. The van der Waals surface area contributed by atoms with E-state index in [1.807, 2.05) is 27.8 Å². The molecule has 2 N–H and O–H groups in total. The maximum atomic E-state index is 12.9. The topological polar surface area (TPSA) is 59.6 Å². The summed E-state index contributed by atoms with van der Waals surface area (Å²) in [6.07, 6.45) is 0. The Morgan fingerprint density at radius 3 is 2.52 bits per heavy atom. The van der Waals surface area contributed by atoms with Gasteiger partial charge in [-0.2, -0.15) is 0 Å². The van der Waals surface area contributed by atoms with Gasteiger partial charge in [0.25, 0.3) is 5.91 Å². The Kier molecular flexibility index (Phi) is 5.15. The van der Waals surface area contributed by atoms with Crippen molar-refractivity contribution in [3.05, 3.63) is 47.4 Å². The van der Waals surface area contributed by atoms with E-state index in [-0.39, 0.29) is 23.7 Å². The highest BCUT2D eigenvalue weighted by Crippen LogP contribution is 2.23. The average molecular weight is 320 g/mol.